The second-order valence-electron chi connectivity index (χ2n) is 17.4. The molecule has 4 aromatic carbocycles. The van der Waals surface area contributed by atoms with E-state index in [4.69, 9.17) is 32.3 Å². The number of methoxy groups -OCH3 is 2. The fourth-order valence-corrected chi connectivity index (χ4v) is 7.28. The third-order valence-corrected chi connectivity index (χ3v) is 10.1. The highest BCUT2D eigenvalue weighted by Gasteiger charge is 2.35. The molecule has 0 spiro atoms. The minimum atomic E-state index is -0.440. The van der Waals surface area contributed by atoms with Crippen molar-refractivity contribution in [2.75, 3.05) is 14.2 Å². The molecule has 53 heavy (non-hydrogen) atoms. The predicted molar refractivity (Wildman–Crippen MR) is 223 cm³/mol. The van der Waals surface area contributed by atoms with Crippen molar-refractivity contribution in [1.29, 1.82) is 0 Å². The third-order valence-electron chi connectivity index (χ3n) is 8.85. The molecule has 0 amide bonds. The predicted octanol–water partition coefficient (Wildman–Crippen LogP) is 13.0. The molecule has 0 radical (unpaired) electrons. The van der Waals surface area contributed by atoms with Crippen molar-refractivity contribution >= 4 is 18.1 Å². The number of benzene rings is 4. The van der Waals surface area contributed by atoms with Crippen LogP contribution in [0, 0.1) is 13.8 Å². The second kappa shape index (κ2) is 16.4. The highest BCUT2D eigenvalue weighted by molar-refractivity contribution is 7.27. The standard InChI is InChI=1S/C44H60O7P2/c1-27-33(41(3,4)5)25-34(42(6,7)8)39(50-52-48-31-21-17-29(45-15)18-22-31)37(27)38-28(2)36(47-44(12,13)14)26-35(43(9,10)11)40(38)51-53-49-32-23-19-30(46-16)20-24-32/h17-26,52-53H,1-16H3. The van der Waals surface area contributed by atoms with Crippen LogP contribution in [0.25, 0.3) is 11.1 Å². The Labute approximate surface area is 322 Å². The van der Waals surface area contributed by atoms with Crippen LogP contribution in [0.15, 0.2) is 60.7 Å². The maximum atomic E-state index is 6.87. The Morgan fingerprint density at radius 1 is 0.434 bits per heavy atom. The van der Waals surface area contributed by atoms with Gasteiger partial charge in [-0.15, -0.1) is 0 Å². The molecule has 288 valence electrons. The minimum Gasteiger partial charge on any atom is -0.497 e. The van der Waals surface area contributed by atoms with Gasteiger partial charge in [0.25, 0.3) is 18.1 Å². The van der Waals surface area contributed by atoms with Crippen LogP contribution >= 0.6 is 18.1 Å². The van der Waals surface area contributed by atoms with Gasteiger partial charge in [-0.05, 0) is 117 Å². The Hall–Kier alpha value is -3.66. The fraction of sp³-hybridized carbons (Fsp3) is 0.455. The fourth-order valence-electron chi connectivity index (χ4n) is 6.14. The molecule has 0 aliphatic heterocycles. The second-order valence-corrected chi connectivity index (χ2v) is 18.6. The molecular formula is C44H60O7P2. The lowest BCUT2D eigenvalue weighted by Gasteiger charge is -2.34. The molecule has 0 saturated carbocycles. The average molecular weight is 763 g/mol. The molecule has 2 unspecified atom stereocenters. The normalized spacial score (nSPS) is 12.8. The SMILES string of the molecule is COc1ccc(OPOc2c(C(C)(C)C)cc(OC(C)(C)C)c(C)c2-c2c(C)c(C(C)(C)C)cc(C(C)(C)C)c2OPOc2ccc(OC)cc2)cc1. The van der Waals surface area contributed by atoms with Gasteiger partial charge in [0.05, 0.1) is 14.2 Å². The lowest BCUT2D eigenvalue weighted by molar-refractivity contribution is 0.129. The summed E-state index contributed by atoms with van der Waals surface area (Å²) in [6, 6.07) is 19.5. The van der Waals surface area contributed by atoms with E-state index in [1.54, 1.807) is 14.2 Å². The van der Waals surface area contributed by atoms with Crippen LogP contribution < -0.4 is 32.3 Å². The first-order chi connectivity index (χ1) is 24.5. The van der Waals surface area contributed by atoms with E-state index < -0.39 is 5.60 Å². The summed E-state index contributed by atoms with van der Waals surface area (Å²) in [6.07, 6.45) is 0. The van der Waals surface area contributed by atoms with Crippen molar-refractivity contribution in [3.63, 3.8) is 0 Å². The number of ether oxygens (including phenoxy) is 3. The molecule has 0 N–H and O–H groups in total. The van der Waals surface area contributed by atoms with Crippen LogP contribution in [0.2, 0.25) is 0 Å². The van der Waals surface area contributed by atoms with Crippen molar-refractivity contribution in [3.8, 4) is 51.4 Å². The highest BCUT2D eigenvalue weighted by Crippen LogP contribution is 2.55. The summed E-state index contributed by atoms with van der Waals surface area (Å²) in [6.45, 7) is 30.6. The first-order valence-corrected chi connectivity index (χ1v) is 19.7. The largest absolute Gasteiger partial charge is 0.497 e. The number of rotatable bonds is 12. The quantitative estimate of drug-likeness (QED) is 0.133. The minimum absolute atomic E-state index is 0.167. The van der Waals surface area contributed by atoms with E-state index in [-0.39, 0.29) is 34.3 Å². The maximum Gasteiger partial charge on any atom is 0.275 e. The first kappa shape index (κ1) is 42.1. The zero-order valence-electron chi connectivity index (χ0n) is 34.6. The van der Waals surface area contributed by atoms with Crippen LogP contribution in [-0.2, 0) is 16.2 Å². The van der Waals surface area contributed by atoms with E-state index in [1.165, 1.54) is 5.56 Å². The third kappa shape index (κ3) is 10.5. The van der Waals surface area contributed by atoms with Crippen LogP contribution in [0.5, 0.6) is 40.2 Å². The first-order valence-electron chi connectivity index (χ1n) is 18.1. The van der Waals surface area contributed by atoms with Gasteiger partial charge in [-0.1, -0.05) is 68.4 Å². The summed E-state index contributed by atoms with van der Waals surface area (Å²) in [4.78, 5) is 0. The summed E-state index contributed by atoms with van der Waals surface area (Å²) in [5, 5.41) is 0. The Kier molecular flexibility index (Phi) is 13.0. The van der Waals surface area contributed by atoms with E-state index in [0.717, 1.165) is 62.1 Å². The van der Waals surface area contributed by atoms with Crippen LogP contribution in [0.1, 0.15) is 111 Å². The van der Waals surface area contributed by atoms with Crippen molar-refractivity contribution in [1.82, 2.24) is 0 Å². The summed E-state index contributed by atoms with van der Waals surface area (Å²) < 4.78 is 43.6. The van der Waals surface area contributed by atoms with E-state index in [0.29, 0.717) is 11.5 Å². The molecular weight excluding hydrogens is 702 g/mol. The Bertz CT molecular complexity index is 1860. The van der Waals surface area contributed by atoms with Crippen molar-refractivity contribution in [2.24, 2.45) is 0 Å². The Morgan fingerprint density at radius 2 is 0.792 bits per heavy atom. The molecule has 4 aromatic rings. The summed E-state index contributed by atoms with van der Waals surface area (Å²) in [5.41, 5.74) is 6.05. The van der Waals surface area contributed by atoms with Gasteiger partial charge < -0.3 is 32.3 Å². The number of hydrogen-bond acceptors (Lipinski definition) is 7. The molecule has 0 bridgehead atoms. The molecule has 0 saturated heterocycles. The van der Waals surface area contributed by atoms with Gasteiger partial charge in [0.2, 0.25) is 0 Å². The summed E-state index contributed by atoms with van der Waals surface area (Å²) in [5.74, 6) is 5.20. The summed E-state index contributed by atoms with van der Waals surface area (Å²) >= 11 is 0. The zero-order valence-corrected chi connectivity index (χ0v) is 36.6. The molecule has 7 nitrogen and oxygen atoms in total. The molecule has 0 heterocycles. The lowest BCUT2D eigenvalue weighted by atomic mass is 9.74. The summed E-state index contributed by atoms with van der Waals surface area (Å²) in [7, 11) is 2.66. The molecule has 0 aliphatic carbocycles. The maximum absolute atomic E-state index is 6.87. The van der Waals surface area contributed by atoms with Crippen LogP contribution in [0.3, 0.4) is 0 Å². The van der Waals surface area contributed by atoms with Crippen molar-refractivity contribution < 1.29 is 32.3 Å². The van der Waals surface area contributed by atoms with E-state index in [9.17, 15) is 0 Å². The monoisotopic (exact) mass is 762 g/mol. The van der Waals surface area contributed by atoms with Crippen molar-refractivity contribution in [3.05, 3.63) is 88.5 Å². The van der Waals surface area contributed by atoms with Crippen LogP contribution in [-0.4, -0.2) is 19.8 Å². The van der Waals surface area contributed by atoms with Gasteiger partial charge in [-0.2, -0.15) is 0 Å². The highest BCUT2D eigenvalue weighted by atomic mass is 31.1. The number of hydrogen-bond donors (Lipinski definition) is 0. The van der Waals surface area contributed by atoms with Gasteiger partial charge in [0.15, 0.2) is 0 Å². The van der Waals surface area contributed by atoms with E-state index >= 15 is 0 Å². The molecule has 9 heteroatoms. The Morgan fingerprint density at radius 3 is 1.15 bits per heavy atom. The van der Waals surface area contributed by atoms with Gasteiger partial charge >= 0.3 is 0 Å². The topological polar surface area (TPSA) is 64.6 Å². The van der Waals surface area contributed by atoms with Gasteiger partial charge in [0, 0.05) is 27.8 Å². The van der Waals surface area contributed by atoms with Crippen molar-refractivity contribution in [2.45, 2.75) is 119 Å². The van der Waals surface area contributed by atoms with E-state index in [2.05, 4.69) is 109 Å². The smallest absolute Gasteiger partial charge is 0.275 e. The van der Waals surface area contributed by atoms with E-state index in [1.807, 2.05) is 48.5 Å². The zero-order chi connectivity index (χ0) is 39.5. The molecule has 0 aromatic heterocycles. The molecule has 0 aliphatic rings. The molecule has 0 fully saturated rings. The van der Waals surface area contributed by atoms with Crippen LogP contribution in [0.4, 0.5) is 0 Å². The average Bonchev–Trinajstić information content (AvgIpc) is 3.05. The van der Waals surface area contributed by atoms with Gasteiger partial charge in [-0.25, -0.2) is 0 Å². The Balaban J connectivity index is 2.04. The lowest BCUT2D eigenvalue weighted by Crippen LogP contribution is -2.24. The molecule has 4 rings (SSSR count). The molecule has 2 atom stereocenters. The van der Waals surface area contributed by atoms with Gasteiger partial charge in [0.1, 0.15) is 45.8 Å². The van der Waals surface area contributed by atoms with Gasteiger partial charge in [-0.3, -0.25) is 0 Å².